The SMILES string of the molecule is NC(=O)c1cccc(N)c1Nc1cccc(Cl)c1Br. The number of hydrogen-bond donors (Lipinski definition) is 3. The van der Waals surface area contributed by atoms with E-state index in [2.05, 4.69) is 21.2 Å². The summed E-state index contributed by atoms with van der Waals surface area (Å²) in [6, 6.07) is 10.3. The molecule has 0 aliphatic carbocycles. The average molecular weight is 341 g/mol. The van der Waals surface area contributed by atoms with Gasteiger partial charge in [-0.05, 0) is 40.2 Å². The monoisotopic (exact) mass is 339 g/mol. The number of rotatable bonds is 3. The van der Waals surface area contributed by atoms with E-state index in [1.165, 1.54) is 0 Å². The molecule has 0 saturated heterocycles. The number of nitrogens with one attached hydrogen (secondary N) is 1. The minimum Gasteiger partial charge on any atom is -0.397 e. The second-order valence-electron chi connectivity index (χ2n) is 3.86. The summed E-state index contributed by atoms with van der Waals surface area (Å²) in [6.45, 7) is 0. The van der Waals surface area contributed by atoms with Crippen LogP contribution in [0.5, 0.6) is 0 Å². The van der Waals surface area contributed by atoms with E-state index in [4.69, 9.17) is 23.1 Å². The summed E-state index contributed by atoms with van der Waals surface area (Å²) in [5, 5.41) is 3.63. The van der Waals surface area contributed by atoms with Crippen LogP contribution in [0.15, 0.2) is 40.9 Å². The van der Waals surface area contributed by atoms with E-state index in [0.717, 1.165) is 0 Å². The third-order valence-electron chi connectivity index (χ3n) is 2.57. The number of benzene rings is 2. The predicted octanol–water partition coefficient (Wildman–Crippen LogP) is 3.53. The molecule has 1 amide bonds. The van der Waals surface area contributed by atoms with E-state index in [9.17, 15) is 4.79 Å². The first-order chi connectivity index (χ1) is 9.00. The fraction of sp³-hybridized carbons (Fsp3) is 0. The lowest BCUT2D eigenvalue weighted by atomic mass is 10.1. The van der Waals surface area contributed by atoms with Crippen molar-refractivity contribution in [1.82, 2.24) is 0 Å². The van der Waals surface area contributed by atoms with Crippen molar-refractivity contribution in [2.24, 2.45) is 5.73 Å². The Labute approximate surface area is 123 Å². The van der Waals surface area contributed by atoms with Gasteiger partial charge in [-0.25, -0.2) is 0 Å². The first-order valence-electron chi connectivity index (χ1n) is 5.40. The summed E-state index contributed by atoms with van der Waals surface area (Å²) in [6.07, 6.45) is 0. The minimum atomic E-state index is -0.548. The molecular weight excluding hydrogens is 330 g/mol. The van der Waals surface area contributed by atoms with Crippen LogP contribution < -0.4 is 16.8 Å². The topological polar surface area (TPSA) is 81.1 Å². The van der Waals surface area contributed by atoms with Gasteiger partial charge in [0.2, 0.25) is 0 Å². The Hall–Kier alpha value is -1.72. The van der Waals surface area contributed by atoms with Crippen molar-refractivity contribution in [3.8, 4) is 0 Å². The van der Waals surface area contributed by atoms with Gasteiger partial charge in [-0.1, -0.05) is 23.7 Å². The molecule has 0 heterocycles. The van der Waals surface area contributed by atoms with Crippen molar-refractivity contribution >= 4 is 50.5 Å². The molecule has 0 radical (unpaired) electrons. The lowest BCUT2D eigenvalue weighted by Gasteiger charge is -2.14. The van der Waals surface area contributed by atoms with Crippen LogP contribution in [0.1, 0.15) is 10.4 Å². The number of halogens is 2. The number of primary amides is 1. The lowest BCUT2D eigenvalue weighted by Crippen LogP contribution is -2.14. The average Bonchev–Trinajstić information content (AvgIpc) is 2.36. The molecule has 0 aliphatic rings. The van der Waals surface area contributed by atoms with Crippen LogP contribution in [0.4, 0.5) is 17.1 Å². The van der Waals surface area contributed by atoms with Gasteiger partial charge < -0.3 is 16.8 Å². The van der Waals surface area contributed by atoms with E-state index in [1.807, 2.05) is 6.07 Å². The van der Waals surface area contributed by atoms with E-state index < -0.39 is 5.91 Å². The summed E-state index contributed by atoms with van der Waals surface area (Å²) < 4.78 is 0.690. The maximum absolute atomic E-state index is 11.4. The summed E-state index contributed by atoms with van der Waals surface area (Å²) in [7, 11) is 0. The van der Waals surface area contributed by atoms with Crippen LogP contribution in [0.2, 0.25) is 5.02 Å². The molecule has 98 valence electrons. The zero-order chi connectivity index (χ0) is 14.0. The molecule has 0 unspecified atom stereocenters. The van der Waals surface area contributed by atoms with Crippen LogP contribution in [0.25, 0.3) is 0 Å². The number of hydrogen-bond acceptors (Lipinski definition) is 3. The number of nitrogen functional groups attached to an aromatic ring is 1. The fourth-order valence-electron chi connectivity index (χ4n) is 1.65. The number of anilines is 3. The highest BCUT2D eigenvalue weighted by Gasteiger charge is 2.13. The summed E-state index contributed by atoms with van der Waals surface area (Å²) in [5.74, 6) is -0.548. The molecule has 0 saturated carbocycles. The molecule has 2 aromatic rings. The molecule has 4 nitrogen and oxygen atoms in total. The number of amides is 1. The maximum Gasteiger partial charge on any atom is 0.250 e. The van der Waals surface area contributed by atoms with Gasteiger partial charge >= 0.3 is 0 Å². The molecule has 0 aromatic heterocycles. The van der Waals surface area contributed by atoms with Gasteiger partial charge in [0.1, 0.15) is 0 Å². The Morgan fingerprint density at radius 2 is 1.89 bits per heavy atom. The van der Waals surface area contributed by atoms with Gasteiger partial charge in [0.05, 0.1) is 32.1 Å². The van der Waals surface area contributed by atoms with Crippen LogP contribution >= 0.6 is 27.5 Å². The number of para-hydroxylation sites is 1. The normalized spacial score (nSPS) is 10.2. The third-order valence-corrected chi connectivity index (χ3v) is 3.97. The van der Waals surface area contributed by atoms with Crippen molar-refractivity contribution in [3.05, 3.63) is 51.5 Å². The third kappa shape index (κ3) is 2.83. The number of carbonyl (C=O) groups excluding carboxylic acids is 1. The first-order valence-corrected chi connectivity index (χ1v) is 6.57. The van der Waals surface area contributed by atoms with E-state index in [-0.39, 0.29) is 0 Å². The molecule has 2 aromatic carbocycles. The largest absolute Gasteiger partial charge is 0.397 e. The van der Waals surface area contributed by atoms with Crippen molar-refractivity contribution in [2.45, 2.75) is 0 Å². The summed E-state index contributed by atoms with van der Waals surface area (Å²) in [5.41, 5.74) is 13.1. The molecule has 0 aliphatic heterocycles. The first kappa shape index (κ1) is 13.7. The Balaban J connectivity index is 2.49. The van der Waals surface area contributed by atoms with Crippen molar-refractivity contribution in [3.63, 3.8) is 0 Å². The second kappa shape index (κ2) is 5.50. The smallest absolute Gasteiger partial charge is 0.250 e. The van der Waals surface area contributed by atoms with Crippen molar-refractivity contribution in [2.75, 3.05) is 11.1 Å². The quantitative estimate of drug-likeness (QED) is 0.748. The van der Waals surface area contributed by atoms with Crippen molar-refractivity contribution < 1.29 is 4.79 Å². The predicted molar refractivity (Wildman–Crippen MR) is 81.8 cm³/mol. The van der Waals surface area contributed by atoms with Gasteiger partial charge in [0.15, 0.2) is 0 Å². The van der Waals surface area contributed by atoms with Crippen LogP contribution in [-0.4, -0.2) is 5.91 Å². The van der Waals surface area contributed by atoms with E-state index >= 15 is 0 Å². The van der Waals surface area contributed by atoms with E-state index in [1.54, 1.807) is 30.3 Å². The Kier molecular flexibility index (Phi) is 3.97. The molecule has 0 atom stereocenters. The molecule has 0 bridgehead atoms. The lowest BCUT2D eigenvalue weighted by molar-refractivity contribution is 0.100. The zero-order valence-corrected chi connectivity index (χ0v) is 12.1. The minimum absolute atomic E-state index is 0.326. The number of nitrogens with two attached hydrogens (primary N) is 2. The standard InChI is InChI=1S/C13H11BrClN3O/c14-11-8(15)4-2-6-10(11)18-12-7(13(17)19)3-1-5-9(12)16/h1-6,18H,16H2,(H2,17,19). The molecule has 0 spiro atoms. The zero-order valence-electron chi connectivity index (χ0n) is 9.78. The molecular formula is C13H11BrClN3O. The Morgan fingerprint density at radius 1 is 1.21 bits per heavy atom. The highest BCUT2D eigenvalue weighted by molar-refractivity contribution is 9.10. The molecule has 19 heavy (non-hydrogen) atoms. The van der Waals surface area contributed by atoms with E-state index in [0.29, 0.717) is 32.1 Å². The highest BCUT2D eigenvalue weighted by Crippen LogP contribution is 2.34. The van der Waals surface area contributed by atoms with Crippen LogP contribution in [-0.2, 0) is 0 Å². The molecule has 5 N–H and O–H groups in total. The van der Waals surface area contributed by atoms with Gasteiger partial charge in [0.25, 0.3) is 5.91 Å². The van der Waals surface area contributed by atoms with Gasteiger partial charge in [-0.15, -0.1) is 0 Å². The molecule has 2 rings (SSSR count). The Morgan fingerprint density at radius 3 is 2.58 bits per heavy atom. The summed E-state index contributed by atoms with van der Waals surface area (Å²) >= 11 is 9.38. The van der Waals surface area contributed by atoms with Gasteiger partial charge in [-0.3, -0.25) is 4.79 Å². The van der Waals surface area contributed by atoms with Crippen LogP contribution in [0.3, 0.4) is 0 Å². The maximum atomic E-state index is 11.4. The number of carbonyl (C=O) groups is 1. The van der Waals surface area contributed by atoms with Crippen molar-refractivity contribution in [1.29, 1.82) is 0 Å². The van der Waals surface area contributed by atoms with Crippen LogP contribution in [0, 0.1) is 0 Å². The Bertz CT molecular complexity index is 646. The highest BCUT2D eigenvalue weighted by atomic mass is 79.9. The summed E-state index contributed by atoms with van der Waals surface area (Å²) in [4.78, 5) is 11.4. The second-order valence-corrected chi connectivity index (χ2v) is 5.06. The molecule has 0 fully saturated rings. The van der Waals surface area contributed by atoms with Gasteiger partial charge in [0, 0.05) is 0 Å². The molecule has 6 heteroatoms. The fourth-order valence-corrected chi connectivity index (χ4v) is 2.19. The van der Waals surface area contributed by atoms with Gasteiger partial charge in [-0.2, -0.15) is 0 Å².